The monoisotopic (exact) mass is 394 g/mol. The van der Waals surface area contributed by atoms with Crippen LogP contribution in [0.25, 0.3) is 11.0 Å². The van der Waals surface area contributed by atoms with Gasteiger partial charge in [0.2, 0.25) is 5.91 Å². The smallest absolute Gasteiger partial charge is 0.272 e. The van der Waals surface area contributed by atoms with E-state index in [0.717, 1.165) is 0 Å². The molecule has 29 heavy (non-hydrogen) atoms. The van der Waals surface area contributed by atoms with Gasteiger partial charge in [-0.3, -0.25) is 14.6 Å². The second-order valence-electron chi connectivity index (χ2n) is 7.49. The number of halogens is 1. The molecule has 0 spiro atoms. The molecule has 1 aromatic heterocycles. The Morgan fingerprint density at radius 1 is 1.07 bits per heavy atom. The first-order valence-corrected chi connectivity index (χ1v) is 9.35. The number of para-hydroxylation sites is 2. The average Bonchev–Trinajstić information content (AvgIpc) is 2.69. The van der Waals surface area contributed by atoms with Gasteiger partial charge in [0.1, 0.15) is 17.1 Å². The Balaban J connectivity index is 1.64. The number of amides is 2. The van der Waals surface area contributed by atoms with Crippen molar-refractivity contribution in [3.63, 3.8) is 0 Å². The van der Waals surface area contributed by atoms with Crippen molar-refractivity contribution < 1.29 is 14.0 Å². The van der Waals surface area contributed by atoms with Crippen molar-refractivity contribution in [1.29, 1.82) is 0 Å². The summed E-state index contributed by atoms with van der Waals surface area (Å²) in [5, 5.41) is 5.52. The first kappa shape index (κ1) is 20.4. The minimum atomic E-state index is -1.19. The number of benzene rings is 2. The Morgan fingerprint density at radius 3 is 2.45 bits per heavy atom. The molecule has 1 atom stereocenters. The van der Waals surface area contributed by atoms with Gasteiger partial charge in [-0.05, 0) is 51.0 Å². The summed E-state index contributed by atoms with van der Waals surface area (Å²) in [6.07, 6.45) is 1.73. The summed E-state index contributed by atoms with van der Waals surface area (Å²) in [4.78, 5) is 33.8. The quantitative estimate of drug-likeness (QED) is 0.673. The van der Waals surface area contributed by atoms with Gasteiger partial charge in [-0.15, -0.1) is 0 Å². The first-order valence-electron chi connectivity index (χ1n) is 9.35. The van der Waals surface area contributed by atoms with E-state index in [2.05, 4.69) is 20.6 Å². The van der Waals surface area contributed by atoms with Crippen LogP contribution in [0.3, 0.4) is 0 Å². The maximum absolute atomic E-state index is 13.8. The summed E-state index contributed by atoms with van der Waals surface area (Å²) < 4.78 is 13.8. The fourth-order valence-electron chi connectivity index (χ4n) is 2.92. The first-order chi connectivity index (χ1) is 13.8. The molecule has 0 aliphatic rings. The molecule has 3 aromatic rings. The van der Waals surface area contributed by atoms with E-state index in [-0.39, 0.29) is 23.5 Å². The molecule has 0 saturated heterocycles. The lowest BCUT2D eigenvalue weighted by Crippen LogP contribution is -2.56. The number of carbonyl (C=O) groups excluding carboxylic acids is 2. The zero-order valence-electron chi connectivity index (χ0n) is 16.6. The Hall–Kier alpha value is -3.35. The summed E-state index contributed by atoms with van der Waals surface area (Å²) in [6.45, 7) is 4.99. The highest BCUT2D eigenvalue weighted by molar-refractivity contribution is 5.98. The van der Waals surface area contributed by atoms with E-state index < -0.39 is 11.4 Å². The number of hydrogen-bond donors (Lipinski definition) is 2. The summed E-state index contributed by atoms with van der Waals surface area (Å²) in [5.74, 6) is -1.18. The second kappa shape index (κ2) is 8.34. The van der Waals surface area contributed by atoms with Crippen LogP contribution in [0.1, 0.15) is 36.8 Å². The van der Waals surface area contributed by atoms with Crippen LogP contribution in [0, 0.1) is 5.82 Å². The van der Waals surface area contributed by atoms with Crippen molar-refractivity contribution >= 4 is 22.8 Å². The standard InChI is InChI=1S/C22H23FN4O2/c1-14(12-15-8-4-5-9-16(15)23)25-21(29)22(2,3)27-20(28)19-13-24-17-10-6-7-11-18(17)26-19/h4-11,13-14H,12H2,1-3H3,(H,25,29)(H,27,28)/t14-/m1/s1. The van der Waals surface area contributed by atoms with E-state index in [1.165, 1.54) is 12.3 Å². The third-order valence-corrected chi connectivity index (χ3v) is 4.54. The van der Waals surface area contributed by atoms with E-state index in [0.29, 0.717) is 23.0 Å². The largest absolute Gasteiger partial charge is 0.351 e. The average molecular weight is 394 g/mol. The van der Waals surface area contributed by atoms with Crippen molar-refractivity contribution in [2.75, 3.05) is 0 Å². The molecule has 0 bridgehead atoms. The SMILES string of the molecule is C[C@H](Cc1ccccc1F)NC(=O)C(C)(C)NC(=O)c1cnc2ccccc2n1. The van der Waals surface area contributed by atoms with Crippen LogP contribution >= 0.6 is 0 Å². The molecule has 0 saturated carbocycles. The highest BCUT2D eigenvalue weighted by Crippen LogP contribution is 2.12. The summed E-state index contributed by atoms with van der Waals surface area (Å²) in [6, 6.07) is 13.4. The molecule has 0 aliphatic carbocycles. The third kappa shape index (κ3) is 4.93. The van der Waals surface area contributed by atoms with Gasteiger partial charge in [0.25, 0.3) is 5.91 Å². The van der Waals surface area contributed by atoms with Crippen LogP contribution in [-0.2, 0) is 11.2 Å². The minimum Gasteiger partial charge on any atom is -0.351 e. The lowest BCUT2D eigenvalue weighted by Gasteiger charge is -2.27. The van der Waals surface area contributed by atoms with E-state index in [1.54, 1.807) is 51.1 Å². The van der Waals surface area contributed by atoms with E-state index in [1.807, 2.05) is 12.1 Å². The summed E-state index contributed by atoms with van der Waals surface area (Å²) in [5.41, 5.74) is 0.745. The molecular weight excluding hydrogens is 371 g/mol. The van der Waals surface area contributed by atoms with Crippen molar-refractivity contribution in [1.82, 2.24) is 20.6 Å². The summed E-state index contributed by atoms with van der Waals surface area (Å²) in [7, 11) is 0. The maximum atomic E-state index is 13.8. The van der Waals surface area contributed by atoms with Gasteiger partial charge in [-0.1, -0.05) is 30.3 Å². The third-order valence-electron chi connectivity index (χ3n) is 4.54. The van der Waals surface area contributed by atoms with Crippen molar-refractivity contribution in [2.24, 2.45) is 0 Å². The Labute approximate surface area is 168 Å². The van der Waals surface area contributed by atoms with Crippen LogP contribution in [0.15, 0.2) is 54.7 Å². The number of aromatic nitrogens is 2. The number of carbonyl (C=O) groups is 2. The molecule has 2 N–H and O–H groups in total. The number of hydrogen-bond acceptors (Lipinski definition) is 4. The van der Waals surface area contributed by atoms with Crippen molar-refractivity contribution in [3.8, 4) is 0 Å². The zero-order chi connectivity index (χ0) is 21.0. The normalized spacial score (nSPS) is 12.4. The molecule has 3 rings (SSSR count). The molecule has 2 aromatic carbocycles. The number of rotatable bonds is 6. The van der Waals surface area contributed by atoms with Gasteiger partial charge in [0.05, 0.1) is 17.2 Å². The molecule has 2 amide bonds. The highest BCUT2D eigenvalue weighted by Gasteiger charge is 2.31. The molecular formula is C22H23FN4O2. The fraction of sp³-hybridized carbons (Fsp3) is 0.273. The molecule has 0 radical (unpaired) electrons. The predicted octanol–water partition coefficient (Wildman–Crippen LogP) is 3.02. The summed E-state index contributed by atoms with van der Waals surface area (Å²) >= 11 is 0. The lowest BCUT2D eigenvalue weighted by molar-refractivity contribution is -0.126. The number of fused-ring (bicyclic) bond motifs is 1. The molecule has 7 heteroatoms. The van der Waals surface area contributed by atoms with E-state index >= 15 is 0 Å². The molecule has 1 heterocycles. The second-order valence-corrected chi connectivity index (χ2v) is 7.49. The zero-order valence-corrected chi connectivity index (χ0v) is 16.6. The van der Waals surface area contributed by atoms with Gasteiger partial charge in [-0.2, -0.15) is 0 Å². The topological polar surface area (TPSA) is 84.0 Å². The van der Waals surface area contributed by atoms with Crippen molar-refractivity contribution in [3.05, 3.63) is 71.8 Å². The number of nitrogens with zero attached hydrogens (tertiary/aromatic N) is 2. The van der Waals surface area contributed by atoms with Gasteiger partial charge < -0.3 is 10.6 Å². The van der Waals surface area contributed by atoms with Crippen LogP contribution in [-0.4, -0.2) is 33.4 Å². The van der Waals surface area contributed by atoms with Crippen molar-refractivity contribution in [2.45, 2.75) is 38.8 Å². The highest BCUT2D eigenvalue weighted by atomic mass is 19.1. The Morgan fingerprint density at radius 2 is 1.72 bits per heavy atom. The van der Waals surface area contributed by atoms with Gasteiger partial charge >= 0.3 is 0 Å². The van der Waals surface area contributed by atoms with Gasteiger partial charge in [-0.25, -0.2) is 9.37 Å². The Bertz CT molecular complexity index is 1050. The molecule has 0 fully saturated rings. The lowest BCUT2D eigenvalue weighted by atomic mass is 10.0. The predicted molar refractivity (Wildman–Crippen MR) is 109 cm³/mol. The van der Waals surface area contributed by atoms with Crippen LogP contribution in [0.4, 0.5) is 4.39 Å². The maximum Gasteiger partial charge on any atom is 0.272 e. The van der Waals surface area contributed by atoms with Crippen LogP contribution in [0.5, 0.6) is 0 Å². The number of nitrogens with one attached hydrogen (secondary N) is 2. The molecule has 6 nitrogen and oxygen atoms in total. The fourth-order valence-corrected chi connectivity index (χ4v) is 2.92. The van der Waals surface area contributed by atoms with Gasteiger partial charge in [0.15, 0.2) is 0 Å². The molecule has 150 valence electrons. The van der Waals surface area contributed by atoms with Gasteiger partial charge in [0, 0.05) is 6.04 Å². The van der Waals surface area contributed by atoms with Crippen LogP contribution < -0.4 is 10.6 Å². The van der Waals surface area contributed by atoms with E-state index in [4.69, 9.17) is 0 Å². The molecule has 0 aliphatic heterocycles. The van der Waals surface area contributed by atoms with Crippen LogP contribution in [0.2, 0.25) is 0 Å². The molecule has 0 unspecified atom stereocenters. The Kier molecular flexibility index (Phi) is 5.87. The minimum absolute atomic E-state index is 0.129. The van der Waals surface area contributed by atoms with E-state index in [9.17, 15) is 14.0 Å².